The first-order chi connectivity index (χ1) is 19.8. The van der Waals surface area contributed by atoms with E-state index in [0.717, 1.165) is 17.1 Å². The topological polar surface area (TPSA) is 159 Å². The molecule has 3 aromatic carbocycles. The first-order valence-corrected chi connectivity index (χ1v) is 13.1. The van der Waals surface area contributed by atoms with E-state index in [1.165, 1.54) is 26.2 Å². The summed E-state index contributed by atoms with van der Waals surface area (Å²) in [5.74, 6) is -0.694. The van der Waals surface area contributed by atoms with Crippen LogP contribution < -0.4 is 35.9 Å². The third kappa shape index (κ3) is 6.23. The Labute approximate surface area is 240 Å². The van der Waals surface area contributed by atoms with Crippen molar-refractivity contribution in [3.63, 3.8) is 0 Å². The number of nitrogens with one attached hydrogen (secondary N) is 1. The minimum atomic E-state index is -1.19. The highest BCUT2D eigenvalue weighted by molar-refractivity contribution is 7.09. The summed E-state index contributed by atoms with van der Waals surface area (Å²) < 4.78 is 20.1. The Hall–Kier alpha value is -5.10. The molecule has 0 saturated heterocycles. The van der Waals surface area contributed by atoms with Gasteiger partial charge in [0.15, 0.2) is 17.2 Å². The number of aromatic nitrogens is 1. The smallest absolute Gasteiger partial charge is 0.273 e. The van der Waals surface area contributed by atoms with Gasteiger partial charge >= 0.3 is 0 Å². The van der Waals surface area contributed by atoms with Crippen LogP contribution in [0.3, 0.4) is 0 Å². The maximum absolute atomic E-state index is 14.3. The molecule has 12 heteroatoms. The van der Waals surface area contributed by atoms with E-state index in [9.17, 15) is 14.4 Å². The molecule has 41 heavy (non-hydrogen) atoms. The van der Waals surface area contributed by atoms with Crippen LogP contribution in [0.2, 0.25) is 0 Å². The van der Waals surface area contributed by atoms with Gasteiger partial charge in [-0.3, -0.25) is 19.3 Å². The highest BCUT2D eigenvalue weighted by Crippen LogP contribution is 2.38. The standard InChI is InChI=1S/C29H29N5O6S/c1-38-20-12-9-18(10-13-20)25(28(36)32-16-17-7-5-4-6-8-17)34(19-11-14-21(39-2)22(15-19)40-3)29(37)26-23(30)24(27(31)35)33-41-26/h4-15,25H,16,30H2,1-3H3,(H2,31,35)(H,32,36)/t25-/m0/s1. The molecule has 11 nitrogen and oxygen atoms in total. The van der Waals surface area contributed by atoms with Gasteiger partial charge in [0.1, 0.15) is 16.7 Å². The normalized spacial score (nSPS) is 11.3. The van der Waals surface area contributed by atoms with Crippen LogP contribution in [0.25, 0.3) is 0 Å². The van der Waals surface area contributed by atoms with Crippen molar-refractivity contribution in [3.05, 3.63) is 94.5 Å². The van der Waals surface area contributed by atoms with Gasteiger partial charge in [-0.05, 0) is 46.9 Å². The quantitative estimate of drug-likeness (QED) is 0.245. The third-order valence-corrected chi connectivity index (χ3v) is 7.12. The number of anilines is 2. The van der Waals surface area contributed by atoms with E-state index in [4.69, 9.17) is 25.7 Å². The second-order valence-electron chi connectivity index (χ2n) is 8.73. The molecule has 0 spiro atoms. The van der Waals surface area contributed by atoms with Crippen LogP contribution in [0.5, 0.6) is 17.2 Å². The second kappa shape index (κ2) is 12.8. The lowest BCUT2D eigenvalue weighted by Crippen LogP contribution is -2.44. The first-order valence-electron chi connectivity index (χ1n) is 12.3. The van der Waals surface area contributed by atoms with Crippen LogP contribution in [0.4, 0.5) is 11.4 Å². The lowest BCUT2D eigenvalue weighted by molar-refractivity contribution is -0.122. The molecular weight excluding hydrogens is 546 g/mol. The molecule has 1 heterocycles. The van der Waals surface area contributed by atoms with Gasteiger partial charge in [0, 0.05) is 18.3 Å². The molecule has 4 aromatic rings. The largest absolute Gasteiger partial charge is 0.497 e. The third-order valence-electron chi connectivity index (χ3n) is 6.27. The van der Waals surface area contributed by atoms with E-state index in [2.05, 4.69) is 9.69 Å². The number of primary amides is 1. The number of ether oxygens (including phenoxy) is 3. The van der Waals surface area contributed by atoms with Crippen molar-refractivity contribution in [1.29, 1.82) is 0 Å². The Kier molecular flexibility index (Phi) is 9.05. The van der Waals surface area contributed by atoms with Crippen LogP contribution in [0.15, 0.2) is 72.8 Å². The Morgan fingerprint density at radius 3 is 2.20 bits per heavy atom. The molecule has 0 unspecified atom stereocenters. The number of hydrogen-bond acceptors (Lipinski definition) is 9. The predicted molar refractivity (Wildman–Crippen MR) is 155 cm³/mol. The average Bonchev–Trinajstić information content (AvgIpc) is 3.40. The fraction of sp³-hybridized carbons (Fsp3) is 0.172. The van der Waals surface area contributed by atoms with Crippen molar-refractivity contribution in [1.82, 2.24) is 9.69 Å². The van der Waals surface area contributed by atoms with E-state index >= 15 is 0 Å². The molecule has 5 N–H and O–H groups in total. The molecule has 0 aliphatic heterocycles. The molecule has 0 aliphatic rings. The van der Waals surface area contributed by atoms with E-state index < -0.39 is 23.8 Å². The number of benzene rings is 3. The minimum absolute atomic E-state index is 0.0528. The SMILES string of the molecule is COc1ccc([C@@H](C(=O)NCc2ccccc2)N(C(=O)c2snc(C(N)=O)c2N)c2ccc(OC)c(OC)c2)cc1. The maximum Gasteiger partial charge on any atom is 0.273 e. The summed E-state index contributed by atoms with van der Waals surface area (Å²) in [4.78, 5) is 41.3. The van der Waals surface area contributed by atoms with Gasteiger partial charge in [0.05, 0.1) is 27.0 Å². The molecule has 0 bridgehead atoms. The molecule has 0 saturated carbocycles. The maximum atomic E-state index is 14.3. The van der Waals surface area contributed by atoms with Crippen LogP contribution >= 0.6 is 11.5 Å². The van der Waals surface area contributed by atoms with Crippen molar-refractivity contribution < 1.29 is 28.6 Å². The minimum Gasteiger partial charge on any atom is -0.497 e. The zero-order valence-electron chi connectivity index (χ0n) is 22.6. The Morgan fingerprint density at radius 1 is 0.927 bits per heavy atom. The van der Waals surface area contributed by atoms with Gasteiger partial charge in [0.25, 0.3) is 11.8 Å². The Balaban J connectivity index is 1.88. The van der Waals surface area contributed by atoms with Crippen molar-refractivity contribution in [2.75, 3.05) is 32.0 Å². The van der Waals surface area contributed by atoms with Crippen molar-refractivity contribution in [3.8, 4) is 17.2 Å². The summed E-state index contributed by atoms with van der Waals surface area (Å²) in [5, 5.41) is 2.93. The first kappa shape index (κ1) is 28.9. The van der Waals surface area contributed by atoms with E-state index in [1.54, 1.807) is 42.5 Å². The molecule has 0 fully saturated rings. The summed E-state index contributed by atoms with van der Waals surface area (Å²) in [5.41, 5.74) is 12.8. The summed E-state index contributed by atoms with van der Waals surface area (Å²) >= 11 is 0.719. The number of nitrogens with zero attached hydrogens (tertiary/aromatic N) is 2. The molecule has 3 amide bonds. The molecule has 0 radical (unpaired) electrons. The van der Waals surface area contributed by atoms with Gasteiger partial charge in [-0.2, -0.15) is 4.37 Å². The summed E-state index contributed by atoms with van der Waals surface area (Å²) in [6, 6.07) is 19.8. The molecule has 212 valence electrons. The number of nitrogens with two attached hydrogens (primary N) is 2. The van der Waals surface area contributed by atoms with Crippen LogP contribution in [-0.2, 0) is 11.3 Å². The Morgan fingerprint density at radius 2 is 1.61 bits per heavy atom. The van der Waals surface area contributed by atoms with Gasteiger partial charge in [-0.15, -0.1) is 0 Å². The number of nitrogen functional groups attached to an aromatic ring is 1. The van der Waals surface area contributed by atoms with E-state index in [-0.39, 0.29) is 22.8 Å². The number of carbonyl (C=O) groups is 3. The highest BCUT2D eigenvalue weighted by atomic mass is 32.1. The average molecular weight is 576 g/mol. The number of amides is 3. The molecule has 4 rings (SSSR count). The fourth-order valence-electron chi connectivity index (χ4n) is 4.18. The highest BCUT2D eigenvalue weighted by Gasteiger charge is 2.36. The van der Waals surface area contributed by atoms with Gasteiger partial charge in [-0.1, -0.05) is 42.5 Å². The predicted octanol–water partition coefficient (Wildman–Crippen LogP) is 3.55. The van der Waals surface area contributed by atoms with Crippen molar-refractivity contribution in [2.24, 2.45) is 5.73 Å². The zero-order valence-corrected chi connectivity index (χ0v) is 23.4. The fourth-order valence-corrected chi connectivity index (χ4v) is 4.92. The number of methoxy groups -OCH3 is 3. The molecule has 1 atom stereocenters. The Bertz CT molecular complexity index is 1540. The molecule has 1 aromatic heterocycles. The van der Waals surface area contributed by atoms with E-state index in [1.807, 2.05) is 30.3 Å². The summed E-state index contributed by atoms with van der Waals surface area (Å²) in [6.07, 6.45) is 0. The van der Waals surface area contributed by atoms with Crippen molar-refractivity contribution in [2.45, 2.75) is 12.6 Å². The zero-order chi connectivity index (χ0) is 29.5. The van der Waals surface area contributed by atoms with Crippen LogP contribution in [-0.4, -0.2) is 43.4 Å². The van der Waals surface area contributed by atoms with Crippen LogP contribution in [0.1, 0.15) is 37.3 Å². The summed E-state index contributed by atoms with van der Waals surface area (Å²) in [6.45, 7) is 0.217. The monoisotopic (exact) mass is 575 g/mol. The number of hydrogen-bond donors (Lipinski definition) is 3. The molecular formula is C29H29N5O6S. The van der Waals surface area contributed by atoms with E-state index in [0.29, 0.717) is 28.5 Å². The number of carbonyl (C=O) groups excluding carboxylic acids is 3. The van der Waals surface area contributed by atoms with Gasteiger partial charge in [0.2, 0.25) is 5.91 Å². The van der Waals surface area contributed by atoms with Gasteiger partial charge in [-0.25, -0.2) is 0 Å². The molecule has 0 aliphatic carbocycles. The lowest BCUT2D eigenvalue weighted by Gasteiger charge is -2.31. The summed E-state index contributed by atoms with van der Waals surface area (Å²) in [7, 11) is 4.48. The lowest BCUT2D eigenvalue weighted by atomic mass is 10.0. The second-order valence-corrected chi connectivity index (χ2v) is 9.51. The van der Waals surface area contributed by atoms with Crippen molar-refractivity contribution >= 4 is 40.6 Å². The van der Waals surface area contributed by atoms with Gasteiger partial charge < -0.3 is 31.0 Å². The number of rotatable bonds is 11. The van der Waals surface area contributed by atoms with Crippen LogP contribution in [0, 0.1) is 0 Å².